The molecule has 0 radical (unpaired) electrons. The number of ether oxygens (including phenoxy) is 1. The number of aliphatic carboxylic acids is 1. The zero-order chi connectivity index (χ0) is 18.5. The van der Waals surface area contributed by atoms with Crippen molar-refractivity contribution in [3.8, 4) is 5.75 Å². The van der Waals surface area contributed by atoms with Gasteiger partial charge in [-0.1, -0.05) is 30.3 Å². The third-order valence-corrected chi connectivity index (χ3v) is 4.24. The first-order valence-corrected chi connectivity index (χ1v) is 8.79. The zero-order valence-corrected chi connectivity index (χ0v) is 15.0. The smallest absolute Gasteiger partial charge is 0.321 e. The van der Waals surface area contributed by atoms with Gasteiger partial charge in [0.05, 0.1) is 6.10 Å². The second-order valence-electron chi connectivity index (χ2n) is 6.65. The van der Waals surface area contributed by atoms with Crippen LogP contribution in [0.5, 0.6) is 5.75 Å². The normalized spacial score (nSPS) is 12.4. The van der Waals surface area contributed by atoms with Gasteiger partial charge in [-0.15, -0.1) is 0 Å². The molecular formula is C21H24N2O3. The number of hydrogen-bond donors (Lipinski definition) is 3. The molecule has 136 valence electrons. The Morgan fingerprint density at radius 1 is 1.15 bits per heavy atom. The second-order valence-corrected chi connectivity index (χ2v) is 6.65. The Balaban J connectivity index is 1.64. The van der Waals surface area contributed by atoms with E-state index < -0.39 is 12.0 Å². The molecule has 0 aliphatic heterocycles. The van der Waals surface area contributed by atoms with E-state index in [2.05, 4.69) is 10.3 Å². The monoisotopic (exact) mass is 352 g/mol. The van der Waals surface area contributed by atoms with Gasteiger partial charge in [0, 0.05) is 30.1 Å². The molecule has 0 bridgehead atoms. The third kappa shape index (κ3) is 4.43. The van der Waals surface area contributed by atoms with Crippen molar-refractivity contribution in [3.05, 3.63) is 65.9 Å². The molecule has 0 aliphatic carbocycles. The molecule has 3 aromatic rings. The highest BCUT2D eigenvalue weighted by molar-refractivity contribution is 5.84. The molecule has 0 saturated carbocycles. The van der Waals surface area contributed by atoms with E-state index >= 15 is 0 Å². The molecule has 5 nitrogen and oxygen atoms in total. The molecule has 5 heteroatoms. The summed E-state index contributed by atoms with van der Waals surface area (Å²) in [4.78, 5) is 14.9. The lowest BCUT2D eigenvalue weighted by molar-refractivity contribution is -0.139. The van der Waals surface area contributed by atoms with Gasteiger partial charge >= 0.3 is 5.97 Å². The van der Waals surface area contributed by atoms with Gasteiger partial charge in [-0.2, -0.15) is 0 Å². The molecule has 0 amide bonds. The maximum absolute atomic E-state index is 11.7. The number of nitrogens with one attached hydrogen (secondary N) is 2. The van der Waals surface area contributed by atoms with E-state index in [0.717, 1.165) is 27.8 Å². The Morgan fingerprint density at radius 3 is 2.58 bits per heavy atom. The minimum Gasteiger partial charge on any atom is -0.491 e. The van der Waals surface area contributed by atoms with Gasteiger partial charge < -0.3 is 20.1 Å². The summed E-state index contributed by atoms with van der Waals surface area (Å²) >= 11 is 0. The molecule has 26 heavy (non-hydrogen) atoms. The summed E-state index contributed by atoms with van der Waals surface area (Å²) in [5.74, 6) is -0.0348. The lowest BCUT2D eigenvalue weighted by atomic mass is 10.0. The fourth-order valence-corrected chi connectivity index (χ4v) is 2.97. The van der Waals surface area contributed by atoms with Crippen LogP contribution in [0.4, 0.5) is 0 Å². The predicted molar refractivity (Wildman–Crippen MR) is 102 cm³/mol. The first-order valence-electron chi connectivity index (χ1n) is 8.79. The van der Waals surface area contributed by atoms with Crippen molar-refractivity contribution in [3.63, 3.8) is 0 Å². The van der Waals surface area contributed by atoms with E-state index in [1.54, 1.807) is 0 Å². The van der Waals surface area contributed by atoms with E-state index in [1.807, 2.05) is 68.6 Å². The Hall–Kier alpha value is -2.79. The molecule has 1 heterocycles. The average molecular weight is 352 g/mol. The van der Waals surface area contributed by atoms with Gasteiger partial charge in [0.15, 0.2) is 0 Å². The minimum absolute atomic E-state index is 0.131. The topological polar surface area (TPSA) is 74.3 Å². The minimum atomic E-state index is -0.852. The van der Waals surface area contributed by atoms with Crippen LogP contribution in [0.15, 0.2) is 54.7 Å². The van der Waals surface area contributed by atoms with Crippen molar-refractivity contribution in [2.24, 2.45) is 0 Å². The molecule has 0 spiro atoms. The largest absolute Gasteiger partial charge is 0.491 e. The average Bonchev–Trinajstić information content (AvgIpc) is 3.02. The van der Waals surface area contributed by atoms with Gasteiger partial charge in [0.2, 0.25) is 0 Å². The van der Waals surface area contributed by atoms with Crippen LogP contribution in [-0.2, 0) is 17.8 Å². The standard InChI is InChI=1S/C21H24N2O3/c1-14(2)26-17-9-7-15(8-10-17)12-22-20(21(24)25)11-16-13-23-19-6-4-3-5-18(16)19/h3-10,13-14,20,22-23H,11-12H2,1-2H3,(H,24,25)/t20-/m0/s1. The summed E-state index contributed by atoms with van der Waals surface area (Å²) in [6.07, 6.45) is 2.44. The summed E-state index contributed by atoms with van der Waals surface area (Å²) in [5, 5.41) is 13.8. The van der Waals surface area contributed by atoms with E-state index in [1.165, 1.54) is 0 Å². The molecule has 0 aliphatic rings. The van der Waals surface area contributed by atoms with Crippen LogP contribution in [0.3, 0.4) is 0 Å². The number of aromatic amines is 1. The van der Waals surface area contributed by atoms with Crippen molar-refractivity contribution >= 4 is 16.9 Å². The lowest BCUT2D eigenvalue weighted by Crippen LogP contribution is -2.38. The number of para-hydroxylation sites is 1. The van der Waals surface area contributed by atoms with E-state index in [-0.39, 0.29) is 6.10 Å². The maximum atomic E-state index is 11.7. The number of hydrogen-bond acceptors (Lipinski definition) is 3. The quantitative estimate of drug-likeness (QED) is 0.577. The fraction of sp³-hybridized carbons (Fsp3) is 0.286. The van der Waals surface area contributed by atoms with Crippen LogP contribution < -0.4 is 10.1 Å². The Morgan fingerprint density at radius 2 is 1.88 bits per heavy atom. The molecule has 3 N–H and O–H groups in total. The third-order valence-electron chi connectivity index (χ3n) is 4.24. The van der Waals surface area contributed by atoms with E-state index in [0.29, 0.717) is 13.0 Å². The number of benzene rings is 2. The number of aromatic nitrogens is 1. The van der Waals surface area contributed by atoms with Crippen molar-refractivity contribution < 1.29 is 14.6 Å². The second kappa shape index (κ2) is 8.06. The van der Waals surface area contributed by atoms with Crippen LogP contribution in [0.1, 0.15) is 25.0 Å². The molecular weight excluding hydrogens is 328 g/mol. The van der Waals surface area contributed by atoms with Crippen LogP contribution >= 0.6 is 0 Å². The molecule has 0 saturated heterocycles. The van der Waals surface area contributed by atoms with E-state index in [9.17, 15) is 9.90 Å². The van der Waals surface area contributed by atoms with Gasteiger partial charge in [-0.3, -0.25) is 4.79 Å². The molecule has 2 aromatic carbocycles. The Labute approximate surface area is 153 Å². The molecule has 0 unspecified atom stereocenters. The number of fused-ring (bicyclic) bond motifs is 1. The van der Waals surface area contributed by atoms with E-state index in [4.69, 9.17) is 4.74 Å². The van der Waals surface area contributed by atoms with Crippen LogP contribution in [0.25, 0.3) is 10.9 Å². The summed E-state index contributed by atoms with van der Waals surface area (Å²) in [7, 11) is 0. The van der Waals surface area contributed by atoms with Crippen molar-refractivity contribution in [1.82, 2.24) is 10.3 Å². The first-order chi connectivity index (χ1) is 12.5. The van der Waals surface area contributed by atoms with Gasteiger partial charge in [-0.25, -0.2) is 0 Å². The molecule has 3 rings (SSSR count). The van der Waals surface area contributed by atoms with Crippen molar-refractivity contribution in [1.29, 1.82) is 0 Å². The molecule has 1 aromatic heterocycles. The highest BCUT2D eigenvalue weighted by atomic mass is 16.5. The SMILES string of the molecule is CC(C)Oc1ccc(CN[C@@H](Cc2c[nH]c3ccccc23)C(=O)O)cc1. The number of H-pyrrole nitrogens is 1. The number of carboxylic acids is 1. The van der Waals surface area contributed by atoms with Gasteiger partial charge in [0.1, 0.15) is 11.8 Å². The maximum Gasteiger partial charge on any atom is 0.321 e. The molecule has 1 atom stereocenters. The Bertz CT molecular complexity index is 868. The lowest BCUT2D eigenvalue weighted by Gasteiger charge is -2.15. The number of carbonyl (C=O) groups is 1. The summed E-state index contributed by atoms with van der Waals surface area (Å²) < 4.78 is 5.63. The van der Waals surface area contributed by atoms with Crippen molar-refractivity contribution in [2.45, 2.75) is 39.0 Å². The van der Waals surface area contributed by atoms with Gasteiger partial charge in [-0.05, 0) is 43.2 Å². The number of rotatable bonds is 8. The fourth-order valence-electron chi connectivity index (χ4n) is 2.97. The zero-order valence-electron chi connectivity index (χ0n) is 15.0. The molecule has 0 fully saturated rings. The number of carboxylic acid groups (broad SMARTS) is 1. The van der Waals surface area contributed by atoms with Crippen LogP contribution in [0.2, 0.25) is 0 Å². The summed E-state index contributed by atoms with van der Waals surface area (Å²) in [5.41, 5.74) is 3.04. The van der Waals surface area contributed by atoms with Crippen molar-refractivity contribution in [2.75, 3.05) is 0 Å². The highest BCUT2D eigenvalue weighted by Crippen LogP contribution is 2.19. The Kier molecular flexibility index (Phi) is 5.58. The van der Waals surface area contributed by atoms with Crippen LogP contribution in [-0.4, -0.2) is 28.2 Å². The summed E-state index contributed by atoms with van der Waals surface area (Å²) in [6.45, 7) is 4.45. The highest BCUT2D eigenvalue weighted by Gasteiger charge is 2.19. The summed E-state index contributed by atoms with van der Waals surface area (Å²) in [6, 6.07) is 15.0. The van der Waals surface area contributed by atoms with Gasteiger partial charge in [0.25, 0.3) is 0 Å². The predicted octanol–water partition coefficient (Wildman–Crippen LogP) is 3.74. The first kappa shape index (κ1) is 18.0. The van der Waals surface area contributed by atoms with Crippen LogP contribution in [0, 0.1) is 0 Å².